The molecule has 0 aromatic carbocycles. The third-order valence-corrected chi connectivity index (χ3v) is 2.03. The van der Waals surface area contributed by atoms with Crippen molar-refractivity contribution in [2.75, 3.05) is 17.6 Å². The third kappa shape index (κ3) is 2.07. The van der Waals surface area contributed by atoms with E-state index in [1.54, 1.807) is 6.33 Å². The first-order chi connectivity index (χ1) is 7.16. The fourth-order valence-electron chi connectivity index (χ4n) is 1.16. The van der Waals surface area contributed by atoms with Gasteiger partial charge in [0.15, 0.2) is 11.5 Å². The number of rotatable bonds is 3. The number of imidazole rings is 1. The number of nitrogen functional groups attached to an aromatic ring is 1. The summed E-state index contributed by atoms with van der Waals surface area (Å²) in [4.78, 5) is 15.0. The van der Waals surface area contributed by atoms with Gasteiger partial charge in [-0.3, -0.25) is 0 Å². The van der Waals surface area contributed by atoms with Crippen LogP contribution in [0.5, 0.6) is 0 Å². The average Bonchev–Trinajstić information content (AvgIpc) is 2.61. The summed E-state index contributed by atoms with van der Waals surface area (Å²) in [5, 5.41) is 3.07. The Morgan fingerprint density at radius 3 is 3.13 bits per heavy atom. The van der Waals surface area contributed by atoms with Crippen molar-refractivity contribution >= 4 is 38.9 Å². The predicted octanol–water partition coefficient (Wildman–Crippen LogP) is 1.26. The minimum atomic E-state index is 0.192. The molecule has 2 heterocycles. The maximum atomic E-state index is 5.54. The van der Waals surface area contributed by atoms with Gasteiger partial charge in [0, 0.05) is 11.0 Å². The number of aromatic amines is 1. The molecule has 15 heavy (non-hydrogen) atoms. The van der Waals surface area contributed by atoms with E-state index in [0.29, 0.717) is 18.0 Å². The Kier molecular flexibility index (Phi) is 2.55. The number of hydrogen-bond donors (Lipinski definition) is 3. The number of halogens is 1. The zero-order chi connectivity index (χ0) is 10.8. The molecule has 0 fully saturated rings. The summed E-state index contributed by atoms with van der Waals surface area (Å²) in [6.07, 6.45) is 1.55. The van der Waals surface area contributed by atoms with Gasteiger partial charge in [-0.25, -0.2) is 4.98 Å². The first-order valence-electron chi connectivity index (χ1n) is 4.20. The molecule has 0 atom stereocenters. The summed E-state index contributed by atoms with van der Waals surface area (Å²) in [6.45, 7) is 4.27. The van der Waals surface area contributed by atoms with Gasteiger partial charge >= 0.3 is 0 Å². The van der Waals surface area contributed by atoms with Crippen LogP contribution in [-0.2, 0) is 0 Å². The van der Waals surface area contributed by atoms with E-state index >= 15 is 0 Å². The fraction of sp³-hybridized carbons (Fsp3) is 0.125. The van der Waals surface area contributed by atoms with E-state index < -0.39 is 0 Å². The molecule has 0 bridgehead atoms. The smallest absolute Gasteiger partial charge is 0.224 e. The Balaban J connectivity index is 2.39. The third-order valence-electron chi connectivity index (χ3n) is 1.75. The molecule has 0 unspecified atom stereocenters. The highest BCUT2D eigenvalue weighted by Gasteiger charge is 2.07. The van der Waals surface area contributed by atoms with E-state index in [2.05, 4.69) is 47.8 Å². The lowest BCUT2D eigenvalue weighted by Crippen LogP contribution is -2.06. The van der Waals surface area contributed by atoms with E-state index in [-0.39, 0.29) is 5.95 Å². The van der Waals surface area contributed by atoms with Crippen LogP contribution in [0, 0.1) is 0 Å². The van der Waals surface area contributed by atoms with Crippen LogP contribution < -0.4 is 11.1 Å². The fourth-order valence-corrected chi connectivity index (χ4v) is 1.30. The molecule has 4 N–H and O–H groups in total. The average molecular weight is 269 g/mol. The van der Waals surface area contributed by atoms with Gasteiger partial charge in [-0.1, -0.05) is 22.5 Å². The van der Waals surface area contributed by atoms with E-state index in [4.69, 9.17) is 5.73 Å². The Morgan fingerprint density at radius 2 is 2.40 bits per heavy atom. The lowest BCUT2D eigenvalue weighted by Gasteiger charge is -2.05. The number of nitrogens with zero attached hydrogens (tertiary/aromatic N) is 3. The monoisotopic (exact) mass is 268 g/mol. The zero-order valence-corrected chi connectivity index (χ0v) is 9.37. The van der Waals surface area contributed by atoms with Crippen LogP contribution >= 0.6 is 15.9 Å². The molecular formula is C8H9BrN6. The molecule has 6 nitrogen and oxygen atoms in total. The minimum Gasteiger partial charge on any atom is -0.368 e. The topological polar surface area (TPSA) is 92.5 Å². The Hall–Kier alpha value is -1.63. The molecule has 7 heteroatoms. The second kappa shape index (κ2) is 3.85. The SMILES string of the molecule is C=C(Br)CNc1nc(N)nc2nc[nH]c12. The first kappa shape index (κ1) is 9.91. The number of nitrogens with two attached hydrogens (primary N) is 1. The maximum Gasteiger partial charge on any atom is 0.224 e. The highest BCUT2D eigenvalue weighted by Crippen LogP contribution is 2.17. The molecule has 0 saturated heterocycles. The largest absolute Gasteiger partial charge is 0.368 e. The van der Waals surface area contributed by atoms with Crippen molar-refractivity contribution in [2.24, 2.45) is 0 Å². The maximum absolute atomic E-state index is 5.54. The molecule has 2 rings (SSSR count). The van der Waals surface area contributed by atoms with Crippen molar-refractivity contribution < 1.29 is 0 Å². The molecular weight excluding hydrogens is 260 g/mol. The highest BCUT2D eigenvalue weighted by molar-refractivity contribution is 9.11. The minimum absolute atomic E-state index is 0.192. The number of hydrogen-bond acceptors (Lipinski definition) is 5. The van der Waals surface area contributed by atoms with Crippen molar-refractivity contribution in [3.8, 4) is 0 Å². The molecule has 2 aromatic heterocycles. The quantitative estimate of drug-likeness (QED) is 0.780. The van der Waals surface area contributed by atoms with Crippen LogP contribution in [0.2, 0.25) is 0 Å². The van der Waals surface area contributed by atoms with Crippen LogP contribution in [0.25, 0.3) is 11.2 Å². The van der Waals surface area contributed by atoms with Gasteiger partial charge in [0.1, 0.15) is 5.52 Å². The van der Waals surface area contributed by atoms with E-state index in [0.717, 1.165) is 10.00 Å². The molecule has 0 aliphatic heterocycles. The predicted molar refractivity (Wildman–Crippen MR) is 62.7 cm³/mol. The van der Waals surface area contributed by atoms with Crippen molar-refractivity contribution in [3.05, 3.63) is 17.4 Å². The second-order valence-corrected chi connectivity index (χ2v) is 4.02. The number of H-pyrrole nitrogens is 1. The van der Waals surface area contributed by atoms with Crippen molar-refractivity contribution in [1.29, 1.82) is 0 Å². The van der Waals surface area contributed by atoms with E-state index in [1.807, 2.05) is 0 Å². The highest BCUT2D eigenvalue weighted by atomic mass is 79.9. The summed E-state index contributed by atoms with van der Waals surface area (Å²) in [5.74, 6) is 0.813. The van der Waals surface area contributed by atoms with Crippen LogP contribution in [0.1, 0.15) is 0 Å². The number of nitrogens with one attached hydrogen (secondary N) is 2. The molecule has 78 valence electrons. The lowest BCUT2D eigenvalue weighted by atomic mass is 10.4. The first-order valence-corrected chi connectivity index (χ1v) is 5.00. The summed E-state index contributed by atoms with van der Waals surface area (Å²) in [5.41, 5.74) is 6.82. The standard InChI is InChI=1S/C8H9BrN6/c1-4(9)2-11-6-5-7(13-3-12-5)15-8(10)14-6/h3H,1-2H2,(H4,10,11,12,13,14,15). The van der Waals surface area contributed by atoms with Gasteiger partial charge in [0.25, 0.3) is 0 Å². The van der Waals surface area contributed by atoms with Gasteiger partial charge in [-0.05, 0) is 0 Å². The van der Waals surface area contributed by atoms with Gasteiger partial charge in [0.05, 0.1) is 6.33 Å². The van der Waals surface area contributed by atoms with Crippen LogP contribution in [0.3, 0.4) is 0 Å². The molecule has 0 spiro atoms. The van der Waals surface area contributed by atoms with Gasteiger partial charge in [-0.15, -0.1) is 0 Å². The van der Waals surface area contributed by atoms with Crippen LogP contribution in [-0.4, -0.2) is 26.5 Å². The summed E-state index contributed by atoms with van der Waals surface area (Å²) in [6, 6.07) is 0. The zero-order valence-electron chi connectivity index (χ0n) is 7.79. The van der Waals surface area contributed by atoms with Gasteiger partial charge in [-0.2, -0.15) is 9.97 Å². The lowest BCUT2D eigenvalue weighted by molar-refractivity contribution is 1.18. The van der Waals surface area contributed by atoms with Crippen molar-refractivity contribution in [3.63, 3.8) is 0 Å². The number of aromatic nitrogens is 4. The summed E-state index contributed by atoms with van der Waals surface area (Å²) < 4.78 is 0.826. The molecule has 0 radical (unpaired) electrons. The van der Waals surface area contributed by atoms with Gasteiger partial charge < -0.3 is 16.0 Å². The summed E-state index contributed by atoms with van der Waals surface area (Å²) in [7, 11) is 0. The Labute approximate surface area is 94.1 Å². The molecule has 0 saturated carbocycles. The Bertz CT molecular complexity index is 505. The molecule has 0 aliphatic rings. The van der Waals surface area contributed by atoms with Crippen molar-refractivity contribution in [2.45, 2.75) is 0 Å². The van der Waals surface area contributed by atoms with Crippen LogP contribution in [0.15, 0.2) is 17.4 Å². The molecule has 2 aromatic rings. The van der Waals surface area contributed by atoms with Crippen molar-refractivity contribution in [1.82, 2.24) is 19.9 Å². The Morgan fingerprint density at radius 1 is 1.60 bits per heavy atom. The summed E-state index contributed by atoms with van der Waals surface area (Å²) >= 11 is 3.25. The van der Waals surface area contributed by atoms with Crippen LogP contribution in [0.4, 0.5) is 11.8 Å². The van der Waals surface area contributed by atoms with Gasteiger partial charge in [0.2, 0.25) is 5.95 Å². The van der Waals surface area contributed by atoms with E-state index in [9.17, 15) is 0 Å². The van der Waals surface area contributed by atoms with E-state index in [1.165, 1.54) is 0 Å². The second-order valence-electron chi connectivity index (χ2n) is 2.90. The normalized spacial score (nSPS) is 10.5. The number of fused-ring (bicyclic) bond motifs is 1. The number of anilines is 2. The molecule has 0 aliphatic carbocycles. The molecule has 0 amide bonds.